The van der Waals surface area contributed by atoms with Crippen LogP contribution in [0.1, 0.15) is 79.1 Å². The minimum absolute atomic E-state index is 0.107. The Kier molecular flexibility index (Phi) is 8.93. The zero-order valence-corrected chi connectivity index (χ0v) is 12.9. The van der Waals surface area contributed by atoms with Crippen molar-refractivity contribution >= 4 is 9.84 Å². The fourth-order valence-corrected chi connectivity index (χ4v) is 4.80. The Morgan fingerprint density at radius 2 is 1.12 bits per heavy atom. The highest BCUT2D eigenvalue weighted by Crippen LogP contribution is 2.24. The molecule has 0 bridgehead atoms. The van der Waals surface area contributed by atoms with Gasteiger partial charge in [-0.15, -0.1) is 0 Å². The first-order chi connectivity index (χ1) is 8.04. The summed E-state index contributed by atoms with van der Waals surface area (Å²) in [7, 11) is -2.91. The third kappa shape index (κ3) is 5.41. The highest BCUT2D eigenvalue weighted by molar-refractivity contribution is 7.92. The second kappa shape index (κ2) is 8.96. The largest absolute Gasteiger partial charge is 0.228 e. The lowest BCUT2D eigenvalue weighted by atomic mass is 10.1. The number of rotatable bonds is 10. The van der Waals surface area contributed by atoms with E-state index in [1.165, 1.54) is 0 Å². The van der Waals surface area contributed by atoms with Crippen LogP contribution >= 0.6 is 0 Å². The van der Waals surface area contributed by atoms with Gasteiger partial charge >= 0.3 is 0 Å². The molecule has 2 unspecified atom stereocenters. The van der Waals surface area contributed by atoms with Crippen molar-refractivity contribution < 1.29 is 8.42 Å². The minimum atomic E-state index is -2.91. The Hall–Kier alpha value is -0.0500. The van der Waals surface area contributed by atoms with Crippen LogP contribution in [0.4, 0.5) is 0 Å². The summed E-state index contributed by atoms with van der Waals surface area (Å²) in [4.78, 5) is 0. The molecule has 0 aliphatic heterocycles. The molecule has 0 aromatic carbocycles. The van der Waals surface area contributed by atoms with Gasteiger partial charge in [-0.3, -0.25) is 0 Å². The Balaban J connectivity index is 4.66. The molecular weight excluding hydrogens is 232 g/mol. The molecule has 0 aromatic rings. The maximum atomic E-state index is 12.5. The smallest absolute Gasteiger partial charge is 0.155 e. The van der Waals surface area contributed by atoms with Crippen LogP contribution in [-0.2, 0) is 9.84 Å². The third-order valence-electron chi connectivity index (χ3n) is 3.60. The van der Waals surface area contributed by atoms with Gasteiger partial charge in [-0.2, -0.15) is 0 Å². The van der Waals surface area contributed by atoms with Crippen molar-refractivity contribution in [2.24, 2.45) is 0 Å². The molecule has 0 aromatic heterocycles. The summed E-state index contributed by atoms with van der Waals surface area (Å²) in [6.07, 6.45) is 7.45. The van der Waals surface area contributed by atoms with Gasteiger partial charge in [0.1, 0.15) is 0 Å². The number of sulfone groups is 1. The molecule has 0 radical (unpaired) electrons. The fourth-order valence-electron chi connectivity index (χ4n) is 2.34. The van der Waals surface area contributed by atoms with Crippen molar-refractivity contribution in [3.8, 4) is 0 Å². The fraction of sp³-hybridized carbons (Fsp3) is 1.00. The summed E-state index contributed by atoms with van der Waals surface area (Å²) in [5.41, 5.74) is 0. The van der Waals surface area contributed by atoms with Crippen molar-refractivity contribution in [2.45, 2.75) is 89.6 Å². The average molecular weight is 262 g/mol. The SMILES string of the molecule is CCCCC(CC)S(=O)(=O)C(CC)CCCC. The van der Waals surface area contributed by atoms with E-state index in [1.807, 2.05) is 13.8 Å². The predicted octanol–water partition coefficient (Wildman–Crippen LogP) is 4.34. The van der Waals surface area contributed by atoms with Crippen molar-refractivity contribution in [3.63, 3.8) is 0 Å². The number of unbranched alkanes of at least 4 members (excludes halogenated alkanes) is 2. The monoisotopic (exact) mass is 262 g/mol. The summed E-state index contributed by atoms with van der Waals surface area (Å²) in [5, 5.41) is -0.214. The molecule has 2 nitrogen and oxygen atoms in total. The average Bonchev–Trinajstić information content (AvgIpc) is 2.30. The molecule has 104 valence electrons. The molecule has 3 heteroatoms. The minimum Gasteiger partial charge on any atom is -0.228 e. The number of hydrogen-bond acceptors (Lipinski definition) is 2. The van der Waals surface area contributed by atoms with E-state index in [9.17, 15) is 8.42 Å². The molecule has 0 N–H and O–H groups in total. The van der Waals surface area contributed by atoms with E-state index in [1.54, 1.807) is 0 Å². The quantitative estimate of drug-likeness (QED) is 0.587. The number of hydrogen-bond donors (Lipinski definition) is 0. The first-order valence-electron chi connectivity index (χ1n) is 7.27. The predicted molar refractivity (Wildman–Crippen MR) is 76.1 cm³/mol. The summed E-state index contributed by atoms with van der Waals surface area (Å²) < 4.78 is 25.0. The van der Waals surface area contributed by atoms with Crippen molar-refractivity contribution in [2.75, 3.05) is 0 Å². The van der Waals surface area contributed by atoms with Gasteiger partial charge in [-0.25, -0.2) is 8.42 Å². The van der Waals surface area contributed by atoms with Crippen LogP contribution < -0.4 is 0 Å². The van der Waals surface area contributed by atoms with E-state index in [0.717, 1.165) is 51.4 Å². The topological polar surface area (TPSA) is 34.1 Å². The molecule has 0 fully saturated rings. The van der Waals surface area contributed by atoms with Crippen molar-refractivity contribution in [1.29, 1.82) is 0 Å². The molecule has 0 rings (SSSR count). The van der Waals surface area contributed by atoms with Gasteiger partial charge < -0.3 is 0 Å². The van der Waals surface area contributed by atoms with E-state index < -0.39 is 9.84 Å². The molecule has 0 saturated carbocycles. The standard InChI is InChI=1S/C14H30O2S/c1-5-9-11-13(7-3)17(15,16)14(8-4)12-10-6-2/h13-14H,5-12H2,1-4H3. The Labute approximate surface area is 108 Å². The second-order valence-electron chi connectivity index (χ2n) is 4.93. The van der Waals surface area contributed by atoms with Crippen molar-refractivity contribution in [1.82, 2.24) is 0 Å². The van der Waals surface area contributed by atoms with Gasteiger partial charge in [-0.1, -0.05) is 53.4 Å². The Morgan fingerprint density at radius 3 is 1.35 bits per heavy atom. The van der Waals surface area contributed by atoms with E-state index in [4.69, 9.17) is 0 Å². The Morgan fingerprint density at radius 1 is 0.765 bits per heavy atom. The lowest BCUT2D eigenvalue weighted by Gasteiger charge is -2.22. The summed E-state index contributed by atoms with van der Waals surface area (Å²) in [6, 6.07) is 0. The van der Waals surface area contributed by atoms with Crippen LogP contribution in [0.2, 0.25) is 0 Å². The lowest BCUT2D eigenvalue weighted by molar-refractivity contribution is 0.527. The lowest BCUT2D eigenvalue weighted by Crippen LogP contribution is -2.31. The second-order valence-corrected chi connectivity index (χ2v) is 7.45. The first-order valence-corrected chi connectivity index (χ1v) is 8.88. The highest BCUT2D eigenvalue weighted by Gasteiger charge is 2.30. The first kappa shape index (κ1) is 16.9. The van der Waals surface area contributed by atoms with E-state index in [2.05, 4.69) is 13.8 Å². The highest BCUT2D eigenvalue weighted by atomic mass is 32.2. The summed E-state index contributed by atoms with van der Waals surface area (Å²) in [5.74, 6) is 0. The molecular formula is C14H30O2S. The van der Waals surface area contributed by atoms with Gasteiger partial charge in [0.15, 0.2) is 9.84 Å². The molecule has 0 heterocycles. The maximum absolute atomic E-state index is 12.5. The van der Waals surface area contributed by atoms with E-state index >= 15 is 0 Å². The molecule has 0 saturated heterocycles. The van der Waals surface area contributed by atoms with Crippen LogP contribution in [-0.4, -0.2) is 18.9 Å². The van der Waals surface area contributed by atoms with Crippen molar-refractivity contribution in [3.05, 3.63) is 0 Å². The zero-order valence-electron chi connectivity index (χ0n) is 12.0. The molecule has 0 spiro atoms. The van der Waals surface area contributed by atoms with E-state index in [-0.39, 0.29) is 10.5 Å². The van der Waals surface area contributed by atoms with Gasteiger partial charge in [-0.05, 0) is 25.7 Å². The van der Waals surface area contributed by atoms with Crippen LogP contribution in [0, 0.1) is 0 Å². The molecule has 0 amide bonds. The van der Waals surface area contributed by atoms with Crippen LogP contribution in [0.15, 0.2) is 0 Å². The van der Waals surface area contributed by atoms with Crippen LogP contribution in [0.3, 0.4) is 0 Å². The molecule has 0 aliphatic rings. The molecule has 2 atom stereocenters. The normalized spacial score (nSPS) is 15.8. The molecule has 0 aliphatic carbocycles. The van der Waals surface area contributed by atoms with E-state index in [0.29, 0.717) is 0 Å². The Bertz CT molecular complexity index is 248. The van der Waals surface area contributed by atoms with Gasteiger partial charge in [0.05, 0.1) is 10.5 Å². The zero-order chi connectivity index (χ0) is 13.3. The van der Waals surface area contributed by atoms with Crippen LogP contribution in [0.5, 0.6) is 0 Å². The summed E-state index contributed by atoms with van der Waals surface area (Å²) >= 11 is 0. The van der Waals surface area contributed by atoms with Gasteiger partial charge in [0.2, 0.25) is 0 Å². The van der Waals surface area contributed by atoms with Crippen LogP contribution in [0.25, 0.3) is 0 Å². The molecule has 17 heavy (non-hydrogen) atoms. The van der Waals surface area contributed by atoms with Gasteiger partial charge in [0, 0.05) is 0 Å². The van der Waals surface area contributed by atoms with Gasteiger partial charge in [0.25, 0.3) is 0 Å². The summed E-state index contributed by atoms with van der Waals surface area (Å²) in [6.45, 7) is 8.25. The maximum Gasteiger partial charge on any atom is 0.155 e. The third-order valence-corrected chi connectivity index (χ3v) is 6.60.